The van der Waals surface area contributed by atoms with E-state index >= 15 is 0 Å². The Labute approximate surface area is 196 Å². The number of esters is 1. The highest BCUT2D eigenvalue weighted by Crippen LogP contribution is 2.28. The Balaban J connectivity index is 1.43. The fourth-order valence-corrected chi connectivity index (χ4v) is 4.43. The molecule has 0 aliphatic carbocycles. The summed E-state index contributed by atoms with van der Waals surface area (Å²) in [5, 5.41) is 9.01. The number of benzene rings is 2. The number of carbonyl (C=O) groups is 2. The van der Waals surface area contributed by atoms with Crippen molar-refractivity contribution in [1.82, 2.24) is 19.7 Å². The van der Waals surface area contributed by atoms with Gasteiger partial charge in [-0.05, 0) is 49.2 Å². The number of hydrogen-bond donors (Lipinski definition) is 0. The number of thioether (sulfide) groups is 1. The minimum atomic E-state index is -0.492. The zero-order chi connectivity index (χ0) is 23.0. The lowest BCUT2D eigenvalue weighted by Gasteiger charge is -2.19. The van der Waals surface area contributed by atoms with Crippen molar-refractivity contribution in [3.05, 3.63) is 60.4 Å². The topological polar surface area (TPSA) is 77.3 Å². The number of para-hydroxylation sites is 1. The minimum Gasteiger partial charge on any atom is -0.455 e. The summed E-state index contributed by atoms with van der Waals surface area (Å²) < 4.78 is 20.4. The second-order valence-corrected chi connectivity index (χ2v) is 8.67. The molecule has 0 spiro atoms. The number of carbonyl (C=O) groups excluding carboxylic acids is 2. The number of amides is 1. The van der Waals surface area contributed by atoms with Crippen molar-refractivity contribution in [2.45, 2.75) is 30.8 Å². The standard InChI is InChI=1S/C24H25FN4O3S/c25-19-12-10-18(11-13-19)23-26-27-24(29(23)20-8-4-3-5-9-20)33-17-22(31)32-16-21(30)28-14-6-1-2-7-15-28/h3-5,8-13H,1-2,6-7,14-17H2. The van der Waals surface area contributed by atoms with Crippen LogP contribution in [0.1, 0.15) is 25.7 Å². The van der Waals surface area contributed by atoms with Crippen LogP contribution >= 0.6 is 11.8 Å². The lowest BCUT2D eigenvalue weighted by molar-refractivity contribution is -0.149. The first-order chi connectivity index (χ1) is 16.1. The Morgan fingerprint density at radius 1 is 0.939 bits per heavy atom. The van der Waals surface area contributed by atoms with E-state index in [0.29, 0.717) is 16.5 Å². The minimum absolute atomic E-state index is 0.0122. The lowest BCUT2D eigenvalue weighted by atomic mass is 10.2. The fourth-order valence-electron chi connectivity index (χ4n) is 3.68. The summed E-state index contributed by atoms with van der Waals surface area (Å²) in [5.41, 5.74) is 1.51. The van der Waals surface area contributed by atoms with Crippen molar-refractivity contribution < 1.29 is 18.7 Å². The quantitative estimate of drug-likeness (QED) is 0.384. The predicted octanol–water partition coefficient (Wildman–Crippen LogP) is 4.11. The molecule has 1 aliphatic rings. The molecule has 172 valence electrons. The predicted molar refractivity (Wildman–Crippen MR) is 123 cm³/mol. The third-order valence-corrected chi connectivity index (χ3v) is 6.29. The van der Waals surface area contributed by atoms with Gasteiger partial charge < -0.3 is 9.64 Å². The number of rotatable bonds is 7. The van der Waals surface area contributed by atoms with Crippen molar-refractivity contribution in [1.29, 1.82) is 0 Å². The van der Waals surface area contributed by atoms with Gasteiger partial charge in [0.25, 0.3) is 5.91 Å². The van der Waals surface area contributed by atoms with Crippen LogP contribution < -0.4 is 0 Å². The molecule has 9 heteroatoms. The molecule has 0 saturated carbocycles. The zero-order valence-electron chi connectivity index (χ0n) is 18.2. The number of likely N-dealkylation sites (tertiary alicyclic amines) is 1. The van der Waals surface area contributed by atoms with Gasteiger partial charge in [0.2, 0.25) is 0 Å². The van der Waals surface area contributed by atoms with Crippen LogP contribution in [0.4, 0.5) is 4.39 Å². The third-order valence-electron chi connectivity index (χ3n) is 5.38. The van der Waals surface area contributed by atoms with Gasteiger partial charge in [0.05, 0.1) is 5.75 Å². The smallest absolute Gasteiger partial charge is 0.316 e. The zero-order valence-corrected chi connectivity index (χ0v) is 19.0. The maximum atomic E-state index is 13.4. The second-order valence-electron chi connectivity index (χ2n) is 7.73. The molecular formula is C24H25FN4O3S. The first kappa shape index (κ1) is 23.0. The van der Waals surface area contributed by atoms with Crippen LogP contribution in [0.25, 0.3) is 17.1 Å². The maximum Gasteiger partial charge on any atom is 0.316 e. The molecule has 7 nitrogen and oxygen atoms in total. The summed E-state index contributed by atoms with van der Waals surface area (Å²) in [7, 11) is 0. The Kier molecular flexibility index (Phi) is 7.72. The molecule has 1 saturated heterocycles. The molecule has 1 fully saturated rings. The molecule has 0 bridgehead atoms. The molecule has 0 unspecified atom stereocenters. The highest BCUT2D eigenvalue weighted by atomic mass is 32.2. The van der Waals surface area contributed by atoms with Crippen LogP contribution in [0, 0.1) is 5.82 Å². The summed E-state index contributed by atoms with van der Waals surface area (Å²) in [6.07, 6.45) is 4.23. The van der Waals surface area contributed by atoms with Crippen molar-refractivity contribution in [2.24, 2.45) is 0 Å². The van der Waals surface area contributed by atoms with E-state index in [9.17, 15) is 14.0 Å². The second kappa shape index (κ2) is 11.1. The molecule has 4 rings (SSSR count). The van der Waals surface area contributed by atoms with E-state index in [1.165, 1.54) is 23.9 Å². The molecule has 0 N–H and O–H groups in total. The summed E-state index contributed by atoms with van der Waals surface area (Å²) in [4.78, 5) is 26.4. The van der Waals surface area contributed by atoms with Gasteiger partial charge in [0, 0.05) is 24.3 Å². The van der Waals surface area contributed by atoms with E-state index in [1.54, 1.807) is 17.0 Å². The van der Waals surface area contributed by atoms with Crippen LogP contribution in [0.2, 0.25) is 0 Å². The molecule has 1 aliphatic heterocycles. The average molecular weight is 469 g/mol. The van der Waals surface area contributed by atoms with Gasteiger partial charge in [-0.25, -0.2) is 4.39 Å². The molecule has 0 atom stereocenters. The van der Waals surface area contributed by atoms with Crippen LogP contribution in [-0.2, 0) is 14.3 Å². The summed E-state index contributed by atoms with van der Waals surface area (Å²) in [5.74, 6) is -0.456. The highest BCUT2D eigenvalue weighted by Gasteiger charge is 2.20. The molecule has 1 aromatic heterocycles. The fraction of sp³-hybridized carbons (Fsp3) is 0.333. The normalized spacial score (nSPS) is 14.0. The van der Waals surface area contributed by atoms with Crippen LogP contribution in [-0.4, -0.2) is 57.0 Å². The first-order valence-electron chi connectivity index (χ1n) is 10.9. The summed E-state index contributed by atoms with van der Waals surface area (Å²) in [6.45, 7) is 1.19. The molecule has 0 radical (unpaired) electrons. The van der Waals surface area contributed by atoms with Crippen molar-refractivity contribution >= 4 is 23.6 Å². The number of hydrogen-bond acceptors (Lipinski definition) is 6. The van der Waals surface area contributed by atoms with Crippen LogP contribution in [0.5, 0.6) is 0 Å². The number of ether oxygens (including phenoxy) is 1. The van der Waals surface area contributed by atoms with Gasteiger partial charge in [0.15, 0.2) is 17.6 Å². The molecule has 33 heavy (non-hydrogen) atoms. The van der Waals surface area contributed by atoms with Gasteiger partial charge in [-0.2, -0.15) is 0 Å². The van der Waals surface area contributed by atoms with E-state index in [2.05, 4.69) is 10.2 Å². The van der Waals surface area contributed by atoms with Crippen molar-refractivity contribution in [2.75, 3.05) is 25.4 Å². The first-order valence-corrected chi connectivity index (χ1v) is 11.9. The number of aromatic nitrogens is 3. The number of nitrogens with zero attached hydrogens (tertiary/aromatic N) is 4. The molecule has 3 aromatic rings. The maximum absolute atomic E-state index is 13.4. The Bertz CT molecular complexity index is 1080. The Morgan fingerprint density at radius 2 is 1.64 bits per heavy atom. The largest absolute Gasteiger partial charge is 0.455 e. The SMILES string of the molecule is O=C(CSc1nnc(-c2ccc(F)cc2)n1-c1ccccc1)OCC(=O)N1CCCCCC1. The van der Waals surface area contributed by atoms with E-state index in [0.717, 1.165) is 44.5 Å². The number of halogens is 1. The lowest BCUT2D eigenvalue weighted by Crippen LogP contribution is -2.35. The van der Waals surface area contributed by atoms with E-state index < -0.39 is 5.97 Å². The van der Waals surface area contributed by atoms with Crippen molar-refractivity contribution in [3.8, 4) is 17.1 Å². The van der Waals surface area contributed by atoms with Gasteiger partial charge >= 0.3 is 5.97 Å². The Hall–Kier alpha value is -3.20. The van der Waals surface area contributed by atoms with Crippen LogP contribution in [0.3, 0.4) is 0 Å². The highest BCUT2D eigenvalue weighted by molar-refractivity contribution is 7.99. The van der Waals surface area contributed by atoms with E-state index in [4.69, 9.17) is 4.74 Å². The summed E-state index contributed by atoms with van der Waals surface area (Å²) >= 11 is 1.18. The van der Waals surface area contributed by atoms with E-state index in [1.807, 2.05) is 34.9 Å². The van der Waals surface area contributed by atoms with Gasteiger partial charge in [-0.3, -0.25) is 14.2 Å². The van der Waals surface area contributed by atoms with Crippen LogP contribution in [0.15, 0.2) is 59.8 Å². The molecule has 2 aromatic carbocycles. The van der Waals surface area contributed by atoms with E-state index in [-0.39, 0.29) is 24.1 Å². The van der Waals surface area contributed by atoms with Gasteiger partial charge in [0.1, 0.15) is 5.82 Å². The summed E-state index contributed by atoms with van der Waals surface area (Å²) in [6, 6.07) is 15.5. The third kappa shape index (κ3) is 5.98. The average Bonchev–Trinajstić information content (AvgIpc) is 3.07. The molecular weight excluding hydrogens is 443 g/mol. The van der Waals surface area contributed by atoms with Crippen molar-refractivity contribution in [3.63, 3.8) is 0 Å². The molecule has 2 heterocycles. The monoisotopic (exact) mass is 468 g/mol. The molecule has 1 amide bonds. The Morgan fingerprint density at radius 3 is 2.33 bits per heavy atom. The van der Waals surface area contributed by atoms with Gasteiger partial charge in [-0.1, -0.05) is 42.8 Å². The van der Waals surface area contributed by atoms with Gasteiger partial charge in [-0.15, -0.1) is 10.2 Å².